The highest BCUT2D eigenvalue weighted by atomic mass is 16.6. The zero-order valence-corrected chi connectivity index (χ0v) is 21.9. The van der Waals surface area contributed by atoms with Crippen LogP contribution in [0.4, 0.5) is 0 Å². The van der Waals surface area contributed by atoms with E-state index in [1.54, 1.807) is 0 Å². The van der Waals surface area contributed by atoms with Gasteiger partial charge in [-0.25, -0.2) is 0 Å². The van der Waals surface area contributed by atoms with Crippen molar-refractivity contribution in [2.45, 2.75) is 97.4 Å². The molecule has 0 saturated carbocycles. The first-order valence-electron chi connectivity index (χ1n) is 12.3. The van der Waals surface area contributed by atoms with E-state index in [0.29, 0.717) is 39.6 Å². The van der Waals surface area contributed by atoms with Gasteiger partial charge in [0.2, 0.25) is 0 Å². The Labute approximate surface area is 202 Å². The summed E-state index contributed by atoms with van der Waals surface area (Å²) in [5, 5.41) is 8.97. The Morgan fingerprint density at radius 2 is 0.970 bits per heavy atom. The molecule has 0 aromatic rings. The first kappa shape index (κ1) is 32.2. The van der Waals surface area contributed by atoms with Crippen LogP contribution in [0.1, 0.15) is 60.8 Å². The molecule has 196 valence electrons. The molecule has 0 heterocycles. The van der Waals surface area contributed by atoms with Gasteiger partial charge in [0.05, 0.1) is 82.9 Å². The number of hydrogen-bond acceptors (Lipinski definition) is 7. The second-order valence-electron chi connectivity index (χ2n) is 8.74. The minimum atomic E-state index is -0.176. The van der Waals surface area contributed by atoms with Crippen molar-refractivity contribution >= 4 is 0 Å². The molecular weight excluding hydrogens is 424 g/mol. The Hall–Kier alpha value is -0.800. The second kappa shape index (κ2) is 21.7. The van der Waals surface area contributed by atoms with Gasteiger partial charge in [0.25, 0.3) is 0 Å². The van der Waals surface area contributed by atoms with E-state index < -0.39 is 0 Å². The van der Waals surface area contributed by atoms with E-state index in [9.17, 15) is 0 Å². The molecule has 0 aromatic heterocycles. The summed E-state index contributed by atoms with van der Waals surface area (Å²) in [4.78, 5) is 0. The lowest BCUT2D eigenvalue weighted by atomic mass is 10.2. The molecule has 0 aliphatic carbocycles. The highest BCUT2D eigenvalue weighted by Gasteiger charge is 2.13. The van der Waals surface area contributed by atoms with Crippen molar-refractivity contribution in [3.05, 3.63) is 24.8 Å². The Morgan fingerprint density at radius 1 is 0.576 bits per heavy atom. The van der Waals surface area contributed by atoms with E-state index in [0.717, 1.165) is 19.3 Å². The number of allylic oxidation sites excluding steroid dienone is 2. The van der Waals surface area contributed by atoms with E-state index in [4.69, 9.17) is 33.5 Å². The molecule has 0 saturated heterocycles. The molecule has 6 atom stereocenters. The minimum absolute atomic E-state index is 0.00906. The maximum absolute atomic E-state index is 8.97. The molecule has 0 aliphatic heterocycles. The van der Waals surface area contributed by atoms with Crippen LogP contribution in [-0.4, -0.2) is 88.0 Å². The van der Waals surface area contributed by atoms with Gasteiger partial charge >= 0.3 is 0 Å². The topological polar surface area (TPSA) is 75.6 Å². The predicted octanol–water partition coefficient (Wildman–Crippen LogP) is 4.32. The summed E-state index contributed by atoms with van der Waals surface area (Å²) in [6, 6.07) is 0. The Kier molecular flexibility index (Phi) is 21.2. The summed E-state index contributed by atoms with van der Waals surface area (Å²) >= 11 is 0. The highest BCUT2D eigenvalue weighted by molar-refractivity contribution is 4.82. The average Bonchev–Trinajstić information content (AvgIpc) is 2.81. The average molecular weight is 475 g/mol. The van der Waals surface area contributed by atoms with E-state index >= 15 is 0 Å². The number of rotatable bonds is 23. The van der Waals surface area contributed by atoms with Crippen LogP contribution in [0, 0.1) is 0 Å². The SMILES string of the molecule is C=CCCCC=CCOC(C)COC(C)COC(C)COC(C)COC(C)COC(C)CO. The maximum atomic E-state index is 8.97. The fraction of sp³-hybridized carbons (Fsp3) is 0.846. The van der Waals surface area contributed by atoms with Gasteiger partial charge in [-0.3, -0.25) is 0 Å². The first-order valence-corrected chi connectivity index (χ1v) is 12.3. The van der Waals surface area contributed by atoms with E-state index in [1.165, 1.54) is 0 Å². The van der Waals surface area contributed by atoms with Gasteiger partial charge < -0.3 is 33.5 Å². The van der Waals surface area contributed by atoms with E-state index in [2.05, 4.69) is 18.7 Å². The van der Waals surface area contributed by atoms with Crippen molar-refractivity contribution in [3.63, 3.8) is 0 Å². The zero-order chi connectivity index (χ0) is 24.9. The van der Waals surface area contributed by atoms with Crippen LogP contribution in [0.15, 0.2) is 24.8 Å². The number of ether oxygens (including phenoxy) is 6. The third-order valence-electron chi connectivity index (χ3n) is 4.76. The van der Waals surface area contributed by atoms with Gasteiger partial charge in [-0.15, -0.1) is 6.58 Å². The quantitative estimate of drug-likeness (QED) is 0.175. The fourth-order valence-corrected chi connectivity index (χ4v) is 2.58. The molecule has 7 heteroatoms. The van der Waals surface area contributed by atoms with Gasteiger partial charge in [0.1, 0.15) is 0 Å². The minimum Gasteiger partial charge on any atom is -0.394 e. The van der Waals surface area contributed by atoms with Crippen LogP contribution in [0.25, 0.3) is 0 Å². The molecule has 0 fully saturated rings. The Morgan fingerprint density at radius 3 is 1.36 bits per heavy atom. The normalized spacial score (nSPS) is 17.5. The van der Waals surface area contributed by atoms with Gasteiger partial charge in [-0.2, -0.15) is 0 Å². The molecule has 6 unspecified atom stereocenters. The third-order valence-corrected chi connectivity index (χ3v) is 4.76. The first-order chi connectivity index (χ1) is 15.8. The largest absolute Gasteiger partial charge is 0.394 e. The summed E-state index contributed by atoms with van der Waals surface area (Å²) in [5.41, 5.74) is 0. The monoisotopic (exact) mass is 474 g/mol. The van der Waals surface area contributed by atoms with Crippen molar-refractivity contribution in [3.8, 4) is 0 Å². The van der Waals surface area contributed by atoms with Crippen molar-refractivity contribution in [2.75, 3.05) is 46.2 Å². The molecule has 0 aromatic carbocycles. The number of aliphatic hydroxyl groups is 1. The summed E-state index contributed by atoms with van der Waals surface area (Å²) in [5.74, 6) is 0. The molecule has 33 heavy (non-hydrogen) atoms. The molecule has 0 amide bonds. The highest BCUT2D eigenvalue weighted by Crippen LogP contribution is 2.04. The van der Waals surface area contributed by atoms with Crippen molar-refractivity contribution in [2.24, 2.45) is 0 Å². The second-order valence-corrected chi connectivity index (χ2v) is 8.74. The standard InChI is InChI=1S/C26H50O7/c1-8-9-10-11-12-13-14-28-22(3)16-30-24(5)18-32-26(7)20-33-25(6)19-31-23(4)17-29-21(2)15-27/h8,12-13,21-27H,1,9-11,14-20H2,2-7H3. The van der Waals surface area contributed by atoms with Crippen LogP contribution in [0.5, 0.6) is 0 Å². The van der Waals surface area contributed by atoms with Crippen LogP contribution >= 0.6 is 0 Å². The zero-order valence-electron chi connectivity index (χ0n) is 21.9. The fourth-order valence-electron chi connectivity index (χ4n) is 2.58. The molecule has 0 bridgehead atoms. The third kappa shape index (κ3) is 21.5. The van der Waals surface area contributed by atoms with Gasteiger partial charge in [0, 0.05) is 0 Å². The van der Waals surface area contributed by atoms with Crippen LogP contribution in [0.3, 0.4) is 0 Å². The molecule has 0 spiro atoms. The molecular formula is C26H50O7. The van der Waals surface area contributed by atoms with Gasteiger partial charge in [0.15, 0.2) is 0 Å². The lowest BCUT2D eigenvalue weighted by molar-refractivity contribution is -0.102. The van der Waals surface area contributed by atoms with Gasteiger partial charge in [-0.05, 0) is 60.8 Å². The van der Waals surface area contributed by atoms with Gasteiger partial charge in [-0.1, -0.05) is 18.2 Å². The molecule has 1 N–H and O–H groups in total. The molecule has 0 radical (unpaired) electrons. The smallest absolute Gasteiger partial charge is 0.0784 e. The van der Waals surface area contributed by atoms with Crippen molar-refractivity contribution in [1.82, 2.24) is 0 Å². The lowest BCUT2D eigenvalue weighted by Gasteiger charge is -2.22. The maximum Gasteiger partial charge on any atom is 0.0784 e. The Balaban J connectivity index is 3.76. The van der Waals surface area contributed by atoms with Crippen LogP contribution in [0.2, 0.25) is 0 Å². The summed E-state index contributed by atoms with van der Waals surface area (Å²) in [7, 11) is 0. The molecule has 7 nitrogen and oxygen atoms in total. The summed E-state index contributed by atoms with van der Waals surface area (Å²) in [6.45, 7) is 18.5. The summed E-state index contributed by atoms with van der Waals surface area (Å²) < 4.78 is 34.4. The number of hydrogen-bond donors (Lipinski definition) is 1. The lowest BCUT2D eigenvalue weighted by Crippen LogP contribution is -2.29. The number of aliphatic hydroxyl groups excluding tert-OH is 1. The number of unbranched alkanes of at least 4 members (excludes halogenated alkanes) is 2. The summed E-state index contributed by atoms with van der Waals surface area (Å²) in [6.07, 6.45) is 9.10. The van der Waals surface area contributed by atoms with Crippen molar-refractivity contribution < 1.29 is 33.5 Å². The van der Waals surface area contributed by atoms with Crippen LogP contribution < -0.4 is 0 Å². The van der Waals surface area contributed by atoms with Crippen molar-refractivity contribution in [1.29, 1.82) is 0 Å². The Bertz CT molecular complexity index is 472. The molecule has 0 aliphatic rings. The van der Waals surface area contributed by atoms with E-state index in [1.807, 2.05) is 47.6 Å². The molecule has 0 rings (SSSR count). The predicted molar refractivity (Wildman–Crippen MR) is 133 cm³/mol. The van der Waals surface area contributed by atoms with Crippen LogP contribution in [-0.2, 0) is 28.4 Å². The van der Waals surface area contributed by atoms with E-state index in [-0.39, 0.29) is 43.2 Å².